The van der Waals surface area contributed by atoms with E-state index in [1.54, 1.807) is 14.2 Å². The van der Waals surface area contributed by atoms with Gasteiger partial charge in [-0.3, -0.25) is 9.59 Å². The topological polar surface area (TPSA) is 87.8 Å². The molecular weight excluding hydrogens is 286 g/mol. The summed E-state index contributed by atoms with van der Waals surface area (Å²) >= 11 is 0. The Kier molecular flexibility index (Phi) is 4.71. The molecule has 0 atom stereocenters. The van der Waals surface area contributed by atoms with Gasteiger partial charge in [-0.25, -0.2) is 0 Å². The summed E-state index contributed by atoms with van der Waals surface area (Å²) in [4.78, 5) is 22.8. The number of esters is 2. The predicted octanol–water partition coefficient (Wildman–Crippen LogP) is 1.23. The van der Waals surface area contributed by atoms with E-state index in [-0.39, 0.29) is 6.42 Å². The van der Waals surface area contributed by atoms with E-state index in [1.807, 2.05) is 12.1 Å². The van der Waals surface area contributed by atoms with Gasteiger partial charge >= 0.3 is 11.9 Å². The third-order valence-electron chi connectivity index (χ3n) is 4.10. The Morgan fingerprint density at radius 3 is 2.00 bits per heavy atom. The normalized spacial score (nSPS) is 15.1. The van der Waals surface area contributed by atoms with E-state index in [9.17, 15) is 9.59 Å². The van der Waals surface area contributed by atoms with Gasteiger partial charge in [-0.05, 0) is 31.5 Å². The van der Waals surface area contributed by atoms with Gasteiger partial charge in [0.05, 0.1) is 20.6 Å². The predicted molar refractivity (Wildman–Crippen MR) is 79.8 cm³/mol. The van der Waals surface area contributed by atoms with Crippen molar-refractivity contribution in [3.8, 4) is 11.5 Å². The van der Waals surface area contributed by atoms with Crippen LogP contribution in [0.15, 0.2) is 12.1 Å². The Morgan fingerprint density at radius 1 is 1.14 bits per heavy atom. The van der Waals surface area contributed by atoms with Crippen LogP contribution in [-0.4, -0.2) is 32.7 Å². The molecule has 0 aliphatic heterocycles. The highest BCUT2D eigenvalue weighted by Crippen LogP contribution is 2.46. The zero-order valence-electron chi connectivity index (χ0n) is 13.1. The van der Waals surface area contributed by atoms with Crippen molar-refractivity contribution in [1.82, 2.24) is 0 Å². The van der Waals surface area contributed by atoms with Crippen LogP contribution in [0.1, 0.15) is 24.5 Å². The summed E-state index contributed by atoms with van der Waals surface area (Å²) in [6, 6.07) is 3.69. The molecule has 1 aliphatic rings. The molecule has 0 heterocycles. The van der Waals surface area contributed by atoms with Crippen LogP contribution in [-0.2, 0) is 27.2 Å². The van der Waals surface area contributed by atoms with Crippen LogP contribution in [0.25, 0.3) is 0 Å². The Balaban J connectivity index is 2.31. The molecule has 6 heteroatoms. The number of carbonyl (C=O) groups excluding carboxylic acids is 2. The molecule has 0 saturated heterocycles. The van der Waals surface area contributed by atoms with Gasteiger partial charge < -0.3 is 19.9 Å². The molecule has 2 rings (SSSR count). The van der Waals surface area contributed by atoms with Crippen molar-refractivity contribution in [2.45, 2.75) is 26.2 Å². The summed E-state index contributed by atoms with van der Waals surface area (Å²) in [6.07, 6.45) is 1.27. The van der Waals surface area contributed by atoms with Crippen LogP contribution in [0, 0.1) is 5.41 Å². The molecule has 0 amide bonds. The van der Waals surface area contributed by atoms with Crippen molar-refractivity contribution in [3.05, 3.63) is 23.3 Å². The van der Waals surface area contributed by atoms with E-state index in [1.165, 1.54) is 6.92 Å². The Labute approximate surface area is 129 Å². The smallest absolute Gasteiger partial charge is 0.314 e. The number of fused-ring (bicyclic) bond motifs is 1. The lowest BCUT2D eigenvalue weighted by Crippen LogP contribution is -2.34. The fourth-order valence-corrected chi connectivity index (χ4v) is 3.08. The summed E-state index contributed by atoms with van der Waals surface area (Å²) < 4.78 is 15.4. The first kappa shape index (κ1) is 16.3. The molecule has 1 aromatic carbocycles. The molecule has 1 aliphatic carbocycles. The van der Waals surface area contributed by atoms with E-state index >= 15 is 0 Å². The Bertz CT molecular complexity index is 563. The standard InChI is InChI=1S/C16H21NO5/c1-10(18)22-15(19)8-16(9-17)6-11-12(7-16)14(21-3)5-4-13(11)20-2/h4-5H,6-9,17H2,1-3H3. The number of benzene rings is 1. The van der Waals surface area contributed by atoms with Crippen molar-refractivity contribution >= 4 is 11.9 Å². The molecule has 6 nitrogen and oxygen atoms in total. The molecule has 0 fully saturated rings. The lowest BCUT2D eigenvalue weighted by Gasteiger charge is -2.25. The number of hydrogen-bond acceptors (Lipinski definition) is 6. The van der Waals surface area contributed by atoms with Crippen molar-refractivity contribution in [1.29, 1.82) is 0 Å². The molecular formula is C16H21NO5. The number of rotatable bonds is 5. The summed E-state index contributed by atoms with van der Waals surface area (Å²) in [6.45, 7) is 1.52. The first-order valence-electron chi connectivity index (χ1n) is 7.09. The van der Waals surface area contributed by atoms with Crippen LogP contribution in [0.5, 0.6) is 11.5 Å². The molecule has 120 valence electrons. The van der Waals surface area contributed by atoms with Crippen molar-refractivity contribution in [2.24, 2.45) is 11.1 Å². The highest BCUT2D eigenvalue weighted by Gasteiger charge is 2.41. The molecule has 0 radical (unpaired) electrons. The van der Waals surface area contributed by atoms with Crippen LogP contribution < -0.4 is 15.2 Å². The van der Waals surface area contributed by atoms with Gasteiger partial charge in [0.25, 0.3) is 0 Å². The highest BCUT2D eigenvalue weighted by molar-refractivity contribution is 5.84. The molecule has 0 unspecified atom stereocenters. The number of carbonyl (C=O) groups is 2. The van der Waals surface area contributed by atoms with E-state index in [2.05, 4.69) is 4.74 Å². The zero-order chi connectivity index (χ0) is 16.3. The molecule has 0 saturated carbocycles. The summed E-state index contributed by atoms with van der Waals surface area (Å²) in [5, 5.41) is 0. The van der Waals surface area contributed by atoms with E-state index in [0.717, 1.165) is 22.6 Å². The minimum atomic E-state index is -0.608. The quantitative estimate of drug-likeness (QED) is 0.650. The van der Waals surface area contributed by atoms with Crippen molar-refractivity contribution in [3.63, 3.8) is 0 Å². The zero-order valence-corrected chi connectivity index (χ0v) is 13.1. The number of ether oxygens (including phenoxy) is 3. The monoisotopic (exact) mass is 307 g/mol. The number of hydrogen-bond donors (Lipinski definition) is 1. The van der Waals surface area contributed by atoms with Gasteiger partial charge in [0.1, 0.15) is 11.5 Å². The van der Waals surface area contributed by atoms with Gasteiger partial charge in [0, 0.05) is 23.5 Å². The minimum absolute atomic E-state index is 0.0874. The van der Waals surface area contributed by atoms with E-state index in [4.69, 9.17) is 15.2 Å². The molecule has 2 N–H and O–H groups in total. The number of nitrogens with two attached hydrogens (primary N) is 1. The summed E-state index contributed by atoms with van der Waals surface area (Å²) in [7, 11) is 3.21. The van der Waals surface area contributed by atoms with E-state index in [0.29, 0.717) is 19.4 Å². The average Bonchev–Trinajstić information content (AvgIpc) is 2.84. The Hall–Kier alpha value is -2.08. The molecule has 0 aromatic heterocycles. The van der Waals surface area contributed by atoms with Crippen LogP contribution in [0.2, 0.25) is 0 Å². The molecule has 22 heavy (non-hydrogen) atoms. The van der Waals surface area contributed by atoms with Crippen LogP contribution >= 0.6 is 0 Å². The SMILES string of the molecule is COc1ccc(OC)c2c1CC(CN)(CC(=O)OC(C)=O)C2. The third kappa shape index (κ3) is 3.06. The van der Waals surface area contributed by atoms with Crippen molar-refractivity contribution in [2.75, 3.05) is 20.8 Å². The molecule has 1 aromatic rings. The van der Waals surface area contributed by atoms with Crippen molar-refractivity contribution < 1.29 is 23.8 Å². The summed E-state index contributed by atoms with van der Waals surface area (Å²) in [5.41, 5.74) is 7.47. The average molecular weight is 307 g/mol. The van der Waals surface area contributed by atoms with Crippen LogP contribution in [0.4, 0.5) is 0 Å². The maximum absolute atomic E-state index is 11.9. The van der Waals surface area contributed by atoms with Gasteiger partial charge in [-0.2, -0.15) is 0 Å². The highest BCUT2D eigenvalue weighted by atomic mass is 16.6. The lowest BCUT2D eigenvalue weighted by atomic mass is 9.81. The second kappa shape index (κ2) is 6.36. The fraction of sp³-hybridized carbons (Fsp3) is 0.500. The number of methoxy groups -OCH3 is 2. The van der Waals surface area contributed by atoms with Gasteiger partial charge in [-0.1, -0.05) is 0 Å². The lowest BCUT2D eigenvalue weighted by molar-refractivity contribution is -0.159. The molecule has 0 spiro atoms. The second-order valence-electron chi connectivity index (χ2n) is 5.63. The van der Waals surface area contributed by atoms with Gasteiger partial charge in [-0.15, -0.1) is 0 Å². The summed E-state index contributed by atoms with van der Waals surface area (Å²) in [5.74, 6) is 0.351. The molecule has 0 bridgehead atoms. The third-order valence-corrected chi connectivity index (χ3v) is 4.10. The second-order valence-corrected chi connectivity index (χ2v) is 5.63. The van der Waals surface area contributed by atoms with E-state index < -0.39 is 17.4 Å². The maximum Gasteiger partial charge on any atom is 0.314 e. The van der Waals surface area contributed by atoms with Crippen LogP contribution in [0.3, 0.4) is 0 Å². The minimum Gasteiger partial charge on any atom is -0.496 e. The first-order chi connectivity index (χ1) is 10.4. The maximum atomic E-state index is 11.9. The largest absolute Gasteiger partial charge is 0.496 e. The fourth-order valence-electron chi connectivity index (χ4n) is 3.08. The van der Waals surface area contributed by atoms with Gasteiger partial charge in [0.2, 0.25) is 0 Å². The van der Waals surface area contributed by atoms with Gasteiger partial charge in [0.15, 0.2) is 0 Å². The Morgan fingerprint density at radius 2 is 1.64 bits per heavy atom. The first-order valence-corrected chi connectivity index (χ1v) is 7.09.